The fraction of sp³-hybridized carbons (Fsp3) is 0.364. The molecule has 3 aromatic rings. The summed E-state index contributed by atoms with van der Waals surface area (Å²) >= 11 is 0. The van der Waals surface area contributed by atoms with Crippen molar-refractivity contribution in [1.82, 2.24) is 10.2 Å². The van der Waals surface area contributed by atoms with Crippen LogP contribution in [0, 0.1) is 12.8 Å². The number of nitrogens with zero attached hydrogens (tertiary/aromatic N) is 1. The van der Waals surface area contributed by atoms with Crippen LogP contribution in [0.5, 0.6) is 0 Å². The SMILES string of the molecule is Cc1cc(CNC(=O)C(c2ccc(CN3C(=O)O[C@H](c4ccccc4)[C@@H]3C)cc2)C2CCCC2)ccc1C(=O)O. The van der Waals surface area contributed by atoms with Crippen LogP contribution in [0.1, 0.15) is 82.8 Å². The van der Waals surface area contributed by atoms with Crippen molar-refractivity contribution in [1.29, 1.82) is 0 Å². The number of nitrogens with one attached hydrogen (secondary N) is 1. The number of hydrogen-bond donors (Lipinski definition) is 2. The number of hydrogen-bond acceptors (Lipinski definition) is 4. The Morgan fingerprint density at radius 3 is 2.33 bits per heavy atom. The average Bonchev–Trinajstić information content (AvgIpc) is 3.57. The van der Waals surface area contributed by atoms with Gasteiger partial charge in [-0.2, -0.15) is 0 Å². The van der Waals surface area contributed by atoms with Crippen LogP contribution in [0.3, 0.4) is 0 Å². The third-order valence-electron chi connectivity index (χ3n) is 8.35. The van der Waals surface area contributed by atoms with E-state index in [1.807, 2.05) is 67.6 Å². The summed E-state index contributed by atoms with van der Waals surface area (Å²) in [7, 11) is 0. The highest BCUT2D eigenvalue weighted by molar-refractivity contribution is 5.89. The molecule has 3 atom stereocenters. The Kier molecular flexibility index (Phi) is 8.19. The van der Waals surface area contributed by atoms with E-state index >= 15 is 0 Å². The Morgan fingerprint density at radius 1 is 1.00 bits per heavy atom. The van der Waals surface area contributed by atoms with E-state index in [1.165, 1.54) is 0 Å². The molecule has 1 aliphatic heterocycles. The number of aryl methyl sites for hydroxylation is 1. The molecule has 2 aliphatic rings. The topological polar surface area (TPSA) is 95.9 Å². The molecule has 3 aromatic carbocycles. The van der Waals surface area contributed by atoms with Crippen LogP contribution in [0.4, 0.5) is 4.79 Å². The van der Waals surface area contributed by atoms with Crippen LogP contribution >= 0.6 is 0 Å². The van der Waals surface area contributed by atoms with E-state index in [0.717, 1.165) is 47.9 Å². The molecule has 1 aliphatic carbocycles. The molecular weight excluding hydrogens is 504 g/mol. The molecule has 1 saturated heterocycles. The van der Waals surface area contributed by atoms with Gasteiger partial charge in [0.15, 0.2) is 0 Å². The van der Waals surface area contributed by atoms with Crippen LogP contribution in [-0.4, -0.2) is 34.0 Å². The van der Waals surface area contributed by atoms with Gasteiger partial charge in [-0.15, -0.1) is 0 Å². The van der Waals surface area contributed by atoms with Crippen molar-refractivity contribution in [3.8, 4) is 0 Å². The number of amides is 2. The predicted octanol–water partition coefficient (Wildman–Crippen LogP) is 6.37. The zero-order chi connectivity index (χ0) is 28.2. The van der Waals surface area contributed by atoms with E-state index in [1.54, 1.807) is 24.0 Å². The highest BCUT2D eigenvalue weighted by Gasteiger charge is 2.39. The van der Waals surface area contributed by atoms with Gasteiger partial charge in [-0.3, -0.25) is 9.69 Å². The number of cyclic esters (lactones) is 1. The first-order valence-corrected chi connectivity index (χ1v) is 14.0. The van der Waals surface area contributed by atoms with Crippen LogP contribution in [0.25, 0.3) is 0 Å². The molecule has 1 saturated carbocycles. The molecule has 0 bridgehead atoms. The standard InChI is InChI=1S/C33H36N2O5/c1-21-18-24(14-17-28(21)32(37)38)19-34-31(36)29(25-8-6-7-9-25)26-15-12-23(13-16-26)20-35-22(2)30(40-33(35)39)27-10-4-3-5-11-27/h3-5,10-18,22,25,29-30H,6-9,19-20H2,1-2H3,(H,34,36)(H,37,38)/t22-,29?,30-/m0/s1. The summed E-state index contributed by atoms with van der Waals surface area (Å²) in [6.45, 7) is 4.56. The van der Waals surface area contributed by atoms with Gasteiger partial charge in [0.1, 0.15) is 6.10 Å². The second kappa shape index (κ2) is 11.9. The monoisotopic (exact) mass is 540 g/mol. The molecule has 7 nitrogen and oxygen atoms in total. The largest absolute Gasteiger partial charge is 0.478 e. The molecule has 7 heteroatoms. The zero-order valence-electron chi connectivity index (χ0n) is 23.0. The molecule has 40 heavy (non-hydrogen) atoms. The van der Waals surface area contributed by atoms with Crippen molar-refractivity contribution in [3.63, 3.8) is 0 Å². The fourth-order valence-corrected chi connectivity index (χ4v) is 6.13. The van der Waals surface area contributed by atoms with Crippen molar-refractivity contribution in [2.24, 2.45) is 5.92 Å². The van der Waals surface area contributed by atoms with Gasteiger partial charge in [-0.25, -0.2) is 9.59 Å². The number of rotatable bonds is 9. The van der Waals surface area contributed by atoms with Crippen LogP contribution < -0.4 is 5.32 Å². The van der Waals surface area contributed by atoms with Gasteiger partial charge in [0, 0.05) is 13.1 Å². The number of aromatic carboxylic acids is 1. The molecule has 5 rings (SSSR count). The van der Waals surface area contributed by atoms with Gasteiger partial charge in [0.2, 0.25) is 5.91 Å². The first-order chi connectivity index (χ1) is 19.3. The number of carboxylic acid groups (broad SMARTS) is 1. The van der Waals surface area contributed by atoms with Gasteiger partial charge in [-0.05, 0) is 66.5 Å². The van der Waals surface area contributed by atoms with Crippen LogP contribution in [0.2, 0.25) is 0 Å². The second-order valence-corrected chi connectivity index (χ2v) is 11.0. The number of ether oxygens (including phenoxy) is 1. The lowest BCUT2D eigenvalue weighted by Gasteiger charge is -2.24. The first kappa shape index (κ1) is 27.4. The molecule has 0 spiro atoms. The maximum atomic E-state index is 13.5. The Morgan fingerprint density at radius 2 is 1.68 bits per heavy atom. The summed E-state index contributed by atoms with van der Waals surface area (Å²) in [5, 5.41) is 12.4. The Hall–Kier alpha value is -4.13. The summed E-state index contributed by atoms with van der Waals surface area (Å²) in [6, 6.07) is 22.9. The normalized spacial score (nSPS) is 19.9. The molecule has 2 N–H and O–H groups in total. The van der Waals surface area contributed by atoms with Crippen molar-refractivity contribution in [3.05, 3.63) is 106 Å². The summed E-state index contributed by atoms with van der Waals surface area (Å²) < 4.78 is 5.70. The molecular formula is C33H36N2O5. The van der Waals surface area contributed by atoms with Crippen molar-refractivity contribution < 1.29 is 24.2 Å². The minimum atomic E-state index is -0.954. The lowest BCUT2D eigenvalue weighted by molar-refractivity contribution is -0.123. The summed E-state index contributed by atoms with van der Waals surface area (Å²) in [4.78, 5) is 39.3. The third-order valence-corrected chi connectivity index (χ3v) is 8.35. The van der Waals surface area contributed by atoms with Crippen molar-refractivity contribution >= 4 is 18.0 Å². The molecule has 208 valence electrons. The maximum Gasteiger partial charge on any atom is 0.411 e. The smallest absolute Gasteiger partial charge is 0.411 e. The molecule has 1 unspecified atom stereocenters. The number of carboxylic acids is 1. The van der Waals surface area contributed by atoms with Crippen LogP contribution in [0.15, 0.2) is 72.8 Å². The lowest BCUT2D eigenvalue weighted by atomic mass is 9.83. The highest BCUT2D eigenvalue weighted by Crippen LogP contribution is 2.38. The minimum Gasteiger partial charge on any atom is -0.478 e. The van der Waals surface area contributed by atoms with Gasteiger partial charge in [0.05, 0.1) is 17.5 Å². The number of benzene rings is 3. The van der Waals surface area contributed by atoms with Gasteiger partial charge in [-0.1, -0.05) is 79.6 Å². The molecule has 2 amide bonds. The summed E-state index contributed by atoms with van der Waals surface area (Å²) in [6.07, 6.45) is 3.67. The highest BCUT2D eigenvalue weighted by atomic mass is 16.6. The average molecular weight is 541 g/mol. The summed E-state index contributed by atoms with van der Waals surface area (Å²) in [5.41, 5.74) is 4.77. The van der Waals surface area contributed by atoms with Crippen molar-refractivity contribution in [2.45, 2.75) is 70.7 Å². The maximum absolute atomic E-state index is 13.5. The quantitative estimate of drug-likeness (QED) is 0.329. The molecule has 0 radical (unpaired) electrons. The summed E-state index contributed by atoms with van der Waals surface area (Å²) in [5.74, 6) is -0.941. The molecule has 1 heterocycles. The van der Waals surface area contributed by atoms with Gasteiger partial charge >= 0.3 is 12.1 Å². The van der Waals surface area contributed by atoms with Crippen molar-refractivity contribution in [2.75, 3.05) is 0 Å². The lowest BCUT2D eigenvalue weighted by Crippen LogP contribution is -2.33. The minimum absolute atomic E-state index is 0.0120. The third kappa shape index (κ3) is 5.88. The fourth-order valence-electron chi connectivity index (χ4n) is 6.13. The molecule has 0 aromatic heterocycles. The van der Waals surface area contributed by atoms with Crippen LogP contribution in [-0.2, 0) is 22.6 Å². The molecule has 2 fully saturated rings. The number of carbonyl (C=O) groups excluding carboxylic acids is 2. The van der Waals surface area contributed by atoms with Gasteiger partial charge in [0.25, 0.3) is 0 Å². The van der Waals surface area contributed by atoms with E-state index in [-0.39, 0.29) is 41.5 Å². The predicted molar refractivity (Wildman–Crippen MR) is 152 cm³/mol. The first-order valence-electron chi connectivity index (χ1n) is 14.0. The van der Waals surface area contributed by atoms with Gasteiger partial charge < -0.3 is 15.2 Å². The number of carbonyl (C=O) groups is 3. The Balaban J connectivity index is 1.27. The zero-order valence-corrected chi connectivity index (χ0v) is 23.0. The van der Waals surface area contributed by atoms with E-state index in [0.29, 0.717) is 18.7 Å². The Bertz CT molecular complexity index is 1370. The van der Waals surface area contributed by atoms with E-state index < -0.39 is 5.97 Å². The Labute approximate surface area is 235 Å². The van der Waals surface area contributed by atoms with E-state index in [4.69, 9.17) is 4.74 Å². The van der Waals surface area contributed by atoms with E-state index in [2.05, 4.69) is 5.32 Å². The second-order valence-electron chi connectivity index (χ2n) is 11.0. The van der Waals surface area contributed by atoms with E-state index in [9.17, 15) is 19.5 Å².